The van der Waals surface area contributed by atoms with E-state index in [4.69, 9.17) is 4.74 Å². The number of ketones is 1. The van der Waals surface area contributed by atoms with Gasteiger partial charge in [0, 0.05) is 12.3 Å². The lowest BCUT2D eigenvalue weighted by molar-refractivity contribution is -0.120. The van der Waals surface area contributed by atoms with E-state index >= 15 is 0 Å². The Labute approximate surface area is 151 Å². The Kier molecular flexibility index (Phi) is 6.27. The summed E-state index contributed by atoms with van der Waals surface area (Å²) in [5, 5.41) is 0. The topological polar surface area (TPSA) is 26.3 Å². The summed E-state index contributed by atoms with van der Waals surface area (Å²) >= 11 is 0. The van der Waals surface area contributed by atoms with Gasteiger partial charge in [-0.2, -0.15) is 0 Å². The largest absolute Gasteiger partial charge is 0.489 e. The molecule has 0 bridgehead atoms. The van der Waals surface area contributed by atoms with Crippen LogP contribution in [0.2, 0.25) is 0 Å². The van der Waals surface area contributed by atoms with Gasteiger partial charge in [0.1, 0.15) is 18.1 Å². The van der Waals surface area contributed by atoms with Gasteiger partial charge in [-0.15, -0.1) is 0 Å². The second-order valence-corrected chi connectivity index (χ2v) is 7.07. The molecule has 132 valence electrons. The highest BCUT2D eigenvalue weighted by Crippen LogP contribution is 2.49. The first-order valence-electron chi connectivity index (χ1n) is 9.57. The maximum absolute atomic E-state index is 12.3. The van der Waals surface area contributed by atoms with E-state index in [0.29, 0.717) is 18.3 Å². The van der Waals surface area contributed by atoms with Crippen molar-refractivity contribution in [2.45, 2.75) is 58.0 Å². The molecule has 2 nitrogen and oxygen atoms in total. The van der Waals surface area contributed by atoms with Gasteiger partial charge in [0.15, 0.2) is 0 Å². The Morgan fingerprint density at radius 3 is 2.68 bits per heavy atom. The van der Waals surface area contributed by atoms with Gasteiger partial charge in [-0.25, -0.2) is 0 Å². The van der Waals surface area contributed by atoms with Crippen LogP contribution >= 0.6 is 0 Å². The highest BCUT2D eigenvalue weighted by Gasteiger charge is 2.43. The standard InChI is InChI=1S/C23H28O2/c1-2-3-4-8-14-23(24)22-16-21(22)19-12-9-13-20(15-19)25-17-18-10-6-5-7-11-18/h5-7,9-13,15,21-22H,2-4,8,14,16-17H2,1H3. The zero-order valence-corrected chi connectivity index (χ0v) is 15.1. The van der Waals surface area contributed by atoms with Crippen LogP contribution in [0.5, 0.6) is 5.75 Å². The lowest BCUT2D eigenvalue weighted by Gasteiger charge is -2.08. The van der Waals surface area contributed by atoms with Gasteiger partial charge in [0.2, 0.25) is 0 Å². The summed E-state index contributed by atoms with van der Waals surface area (Å²) in [5.41, 5.74) is 2.41. The lowest BCUT2D eigenvalue weighted by atomic mass is 10.0. The van der Waals surface area contributed by atoms with E-state index < -0.39 is 0 Å². The average molecular weight is 336 g/mol. The number of carbonyl (C=O) groups is 1. The second kappa shape index (κ2) is 8.84. The second-order valence-electron chi connectivity index (χ2n) is 7.07. The van der Waals surface area contributed by atoms with E-state index in [1.807, 2.05) is 30.3 Å². The lowest BCUT2D eigenvalue weighted by Crippen LogP contribution is -2.02. The molecule has 0 radical (unpaired) electrons. The van der Waals surface area contributed by atoms with E-state index in [0.717, 1.165) is 25.0 Å². The molecule has 1 aliphatic rings. The Morgan fingerprint density at radius 1 is 1.04 bits per heavy atom. The molecule has 2 aromatic carbocycles. The van der Waals surface area contributed by atoms with Crippen molar-refractivity contribution in [3.05, 3.63) is 65.7 Å². The van der Waals surface area contributed by atoms with Crippen molar-refractivity contribution in [1.82, 2.24) is 0 Å². The van der Waals surface area contributed by atoms with Crippen molar-refractivity contribution in [2.75, 3.05) is 0 Å². The predicted octanol–water partition coefficient (Wildman–Crippen LogP) is 5.91. The first kappa shape index (κ1) is 17.7. The normalized spacial score (nSPS) is 18.8. The monoisotopic (exact) mass is 336 g/mol. The van der Waals surface area contributed by atoms with E-state index in [1.54, 1.807) is 0 Å². The van der Waals surface area contributed by atoms with Crippen LogP contribution < -0.4 is 4.74 Å². The summed E-state index contributed by atoms with van der Waals surface area (Å²) in [5.74, 6) is 1.99. The number of unbranched alkanes of at least 4 members (excludes halogenated alkanes) is 3. The zero-order valence-electron chi connectivity index (χ0n) is 15.1. The van der Waals surface area contributed by atoms with Crippen LogP contribution in [0.15, 0.2) is 54.6 Å². The number of Topliss-reactive ketones (excluding diaryl/α,β-unsaturated/α-hetero) is 1. The molecule has 0 aromatic heterocycles. The van der Waals surface area contributed by atoms with Gasteiger partial charge < -0.3 is 4.74 Å². The van der Waals surface area contributed by atoms with Crippen molar-refractivity contribution in [3.63, 3.8) is 0 Å². The first-order chi connectivity index (χ1) is 12.3. The SMILES string of the molecule is CCCCCCC(=O)C1CC1c1cccc(OCc2ccccc2)c1. The van der Waals surface area contributed by atoms with Crippen molar-refractivity contribution >= 4 is 5.78 Å². The summed E-state index contributed by atoms with van der Waals surface area (Å²) < 4.78 is 5.91. The number of ether oxygens (including phenoxy) is 1. The Balaban J connectivity index is 1.50. The van der Waals surface area contributed by atoms with Crippen molar-refractivity contribution in [2.24, 2.45) is 5.92 Å². The molecule has 2 unspecified atom stereocenters. The molecule has 2 atom stereocenters. The average Bonchev–Trinajstić information content (AvgIpc) is 3.46. The van der Waals surface area contributed by atoms with Crippen LogP contribution in [0, 0.1) is 5.92 Å². The van der Waals surface area contributed by atoms with Crippen LogP contribution in [0.1, 0.15) is 62.5 Å². The molecule has 2 aromatic rings. The third-order valence-electron chi connectivity index (χ3n) is 5.02. The number of hydrogen-bond acceptors (Lipinski definition) is 2. The molecule has 0 spiro atoms. The van der Waals surface area contributed by atoms with E-state index in [-0.39, 0.29) is 5.92 Å². The maximum Gasteiger partial charge on any atom is 0.136 e. The molecule has 25 heavy (non-hydrogen) atoms. The van der Waals surface area contributed by atoms with Crippen LogP contribution in [0.4, 0.5) is 0 Å². The van der Waals surface area contributed by atoms with Crippen LogP contribution in [0.25, 0.3) is 0 Å². The Bertz CT molecular complexity index is 678. The molecule has 0 amide bonds. The molecule has 1 aliphatic carbocycles. The molecular weight excluding hydrogens is 308 g/mol. The maximum atomic E-state index is 12.3. The van der Waals surface area contributed by atoms with Crippen molar-refractivity contribution in [3.8, 4) is 5.75 Å². The molecule has 1 saturated carbocycles. The fourth-order valence-corrected chi connectivity index (χ4v) is 3.41. The minimum Gasteiger partial charge on any atom is -0.489 e. The van der Waals surface area contributed by atoms with Crippen LogP contribution in [-0.2, 0) is 11.4 Å². The fraction of sp³-hybridized carbons (Fsp3) is 0.435. The number of carbonyl (C=O) groups excluding carboxylic acids is 1. The van der Waals surface area contributed by atoms with Crippen LogP contribution in [-0.4, -0.2) is 5.78 Å². The quantitative estimate of drug-likeness (QED) is 0.504. The van der Waals surface area contributed by atoms with Gasteiger partial charge >= 0.3 is 0 Å². The molecule has 1 fully saturated rings. The third-order valence-corrected chi connectivity index (χ3v) is 5.02. The van der Waals surface area contributed by atoms with Crippen LogP contribution in [0.3, 0.4) is 0 Å². The molecule has 0 aliphatic heterocycles. The molecule has 0 heterocycles. The molecule has 0 N–H and O–H groups in total. The fourth-order valence-electron chi connectivity index (χ4n) is 3.41. The highest BCUT2D eigenvalue weighted by atomic mass is 16.5. The summed E-state index contributed by atoms with van der Waals surface area (Å²) in [6.07, 6.45) is 6.46. The predicted molar refractivity (Wildman–Crippen MR) is 102 cm³/mol. The number of benzene rings is 2. The first-order valence-corrected chi connectivity index (χ1v) is 9.57. The van der Waals surface area contributed by atoms with Gasteiger partial charge in [-0.1, -0.05) is 68.7 Å². The molecule has 2 heteroatoms. The Morgan fingerprint density at radius 2 is 1.88 bits per heavy atom. The third kappa shape index (κ3) is 5.19. The smallest absolute Gasteiger partial charge is 0.136 e. The zero-order chi connectivity index (χ0) is 17.5. The van der Waals surface area contributed by atoms with Crippen molar-refractivity contribution < 1.29 is 9.53 Å². The summed E-state index contributed by atoms with van der Waals surface area (Å²) in [6.45, 7) is 2.78. The number of rotatable bonds is 10. The summed E-state index contributed by atoms with van der Waals surface area (Å²) in [6, 6.07) is 18.5. The van der Waals surface area contributed by atoms with E-state index in [9.17, 15) is 4.79 Å². The van der Waals surface area contributed by atoms with E-state index in [2.05, 4.69) is 31.2 Å². The van der Waals surface area contributed by atoms with Crippen molar-refractivity contribution in [1.29, 1.82) is 0 Å². The number of hydrogen-bond donors (Lipinski definition) is 0. The minimum atomic E-state index is 0.242. The van der Waals surface area contributed by atoms with Gasteiger partial charge in [-0.05, 0) is 42.0 Å². The summed E-state index contributed by atoms with van der Waals surface area (Å²) in [7, 11) is 0. The minimum absolute atomic E-state index is 0.242. The Hall–Kier alpha value is -2.09. The van der Waals surface area contributed by atoms with Gasteiger partial charge in [0.05, 0.1) is 0 Å². The molecular formula is C23H28O2. The van der Waals surface area contributed by atoms with E-state index in [1.165, 1.54) is 30.4 Å². The van der Waals surface area contributed by atoms with Gasteiger partial charge in [-0.3, -0.25) is 4.79 Å². The summed E-state index contributed by atoms with van der Waals surface area (Å²) in [4.78, 5) is 12.3. The van der Waals surface area contributed by atoms with Gasteiger partial charge in [0.25, 0.3) is 0 Å². The molecule has 0 saturated heterocycles. The highest BCUT2D eigenvalue weighted by molar-refractivity contribution is 5.85. The molecule has 3 rings (SSSR count).